The minimum absolute atomic E-state index is 0.159. The Labute approximate surface area is 150 Å². The van der Waals surface area contributed by atoms with Gasteiger partial charge in [0.25, 0.3) is 5.19 Å². The van der Waals surface area contributed by atoms with Crippen molar-refractivity contribution in [2.24, 2.45) is 0 Å². The lowest BCUT2D eigenvalue weighted by molar-refractivity contribution is 0.455. The molecule has 5 rings (SSSR count). The Morgan fingerprint density at radius 2 is 1.68 bits per heavy atom. The molecule has 120 valence electrons. The van der Waals surface area contributed by atoms with Crippen LogP contribution in [0.4, 0.5) is 0 Å². The molecule has 3 aromatic carbocycles. The number of hydrogen-bond donors (Lipinski definition) is 0. The molecule has 0 fully saturated rings. The number of aromatic nitrogens is 1. The molecular formula is C20H14BNO2S. The fourth-order valence-electron chi connectivity index (χ4n) is 3.32. The van der Waals surface area contributed by atoms with Crippen LogP contribution in [0, 0.1) is 0 Å². The predicted octanol–water partition coefficient (Wildman–Crippen LogP) is 4.59. The smallest absolute Gasteiger partial charge is 0.528 e. The van der Waals surface area contributed by atoms with E-state index in [9.17, 15) is 0 Å². The number of rotatable bonds is 4. The summed E-state index contributed by atoms with van der Waals surface area (Å²) in [6.45, 7) is 0. The standard InChI is InChI=1S/C20H14BNO2S/c1-2-7-14-13(6-1)12-16-15(14)8-5-10-18(16)23-21-24-20-22-17-9-3-4-11-19(17)25-20/h1-11,21H,12H2. The molecule has 1 aliphatic carbocycles. The van der Waals surface area contributed by atoms with Crippen LogP contribution in [0.5, 0.6) is 10.9 Å². The van der Waals surface area contributed by atoms with Gasteiger partial charge in [-0.25, -0.2) is 4.98 Å². The van der Waals surface area contributed by atoms with Crippen LogP contribution in [0.15, 0.2) is 66.7 Å². The molecule has 0 saturated carbocycles. The van der Waals surface area contributed by atoms with Crippen LogP contribution < -0.4 is 9.31 Å². The lowest BCUT2D eigenvalue weighted by atomic mass is 10.1. The van der Waals surface area contributed by atoms with E-state index >= 15 is 0 Å². The first-order chi connectivity index (χ1) is 12.4. The quantitative estimate of drug-likeness (QED) is 0.447. The van der Waals surface area contributed by atoms with Gasteiger partial charge >= 0.3 is 7.69 Å². The zero-order valence-corrected chi connectivity index (χ0v) is 14.3. The number of thiazole rings is 1. The first-order valence-corrected chi connectivity index (χ1v) is 9.01. The SMILES string of the molecule is B(Oc1nc2ccccc2s1)Oc1cccc2c1Cc1ccccc1-2. The second kappa shape index (κ2) is 5.94. The van der Waals surface area contributed by atoms with E-state index in [2.05, 4.69) is 35.3 Å². The average molecular weight is 343 g/mol. The third-order valence-electron chi connectivity index (χ3n) is 4.48. The zero-order valence-electron chi connectivity index (χ0n) is 13.4. The summed E-state index contributed by atoms with van der Waals surface area (Å²) in [7, 11) is 0.159. The zero-order chi connectivity index (χ0) is 16.6. The Bertz CT molecular complexity index is 1040. The molecule has 0 radical (unpaired) electrons. The van der Waals surface area contributed by atoms with Gasteiger partial charge in [-0.2, -0.15) is 0 Å². The van der Waals surface area contributed by atoms with Gasteiger partial charge in [-0.15, -0.1) is 0 Å². The average Bonchev–Trinajstić information content (AvgIpc) is 3.23. The third kappa shape index (κ3) is 2.57. The first kappa shape index (κ1) is 14.5. The molecule has 0 unspecified atom stereocenters. The van der Waals surface area contributed by atoms with Gasteiger partial charge in [0.1, 0.15) is 5.75 Å². The summed E-state index contributed by atoms with van der Waals surface area (Å²) in [6, 6.07) is 22.7. The highest BCUT2D eigenvalue weighted by molar-refractivity contribution is 7.20. The lowest BCUT2D eigenvalue weighted by Gasteiger charge is -2.10. The van der Waals surface area contributed by atoms with Gasteiger partial charge in [0.15, 0.2) is 0 Å². The molecule has 1 aromatic heterocycles. The molecule has 0 aliphatic heterocycles. The maximum absolute atomic E-state index is 5.92. The van der Waals surface area contributed by atoms with E-state index in [-0.39, 0.29) is 7.69 Å². The highest BCUT2D eigenvalue weighted by Gasteiger charge is 2.21. The van der Waals surface area contributed by atoms with Crippen molar-refractivity contribution in [2.45, 2.75) is 6.42 Å². The van der Waals surface area contributed by atoms with Crippen molar-refractivity contribution in [1.82, 2.24) is 4.98 Å². The largest absolute Gasteiger partial charge is 0.578 e. The van der Waals surface area contributed by atoms with Crippen molar-refractivity contribution in [2.75, 3.05) is 0 Å². The number of nitrogens with zero attached hydrogens (tertiary/aromatic N) is 1. The van der Waals surface area contributed by atoms with E-state index < -0.39 is 0 Å². The summed E-state index contributed by atoms with van der Waals surface area (Å²) < 4.78 is 12.8. The van der Waals surface area contributed by atoms with E-state index in [4.69, 9.17) is 9.31 Å². The Morgan fingerprint density at radius 1 is 0.840 bits per heavy atom. The van der Waals surface area contributed by atoms with Gasteiger partial charge in [0.2, 0.25) is 0 Å². The van der Waals surface area contributed by atoms with Gasteiger partial charge in [-0.1, -0.05) is 59.9 Å². The number of fused-ring (bicyclic) bond motifs is 4. The van der Waals surface area contributed by atoms with Crippen molar-refractivity contribution in [3.05, 3.63) is 77.9 Å². The fourth-order valence-corrected chi connectivity index (χ4v) is 4.12. The first-order valence-electron chi connectivity index (χ1n) is 8.20. The maximum atomic E-state index is 5.92. The minimum atomic E-state index is 0.159. The number of hydrogen-bond acceptors (Lipinski definition) is 4. The van der Waals surface area contributed by atoms with E-state index in [1.54, 1.807) is 0 Å². The van der Waals surface area contributed by atoms with Gasteiger partial charge in [-0.3, -0.25) is 0 Å². The highest BCUT2D eigenvalue weighted by atomic mass is 32.1. The van der Waals surface area contributed by atoms with Crippen molar-refractivity contribution in [3.63, 3.8) is 0 Å². The summed E-state index contributed by atoms with van der Waals surface area (Å²) >= 11 is 1.53. The molecule has 0 atom stereocenters. The molecule has 0 saturated heterocycles. The van der Waals surface area contributed by atoms with Crippen molar-refractivity contribution in [1.29, 1.82) is 0 Å². The second-order valence-electron chi connectivity index (χ2n) is 5.97. The maximum Gasteiger partial charge on any atom is 0.578 e. The predicted molar refractivity (Wildman–Crippen MR) is 103 cm³/mol. The van der Waals surface area contributed by atoms with Crippen LogP contribution >= 0.6 is 11.3 Å². The van der Waals surface area contributed by atoms with Crippen LogP contribution in [0.25, 0.3) is 21.3 Å². The lowest BCUT2D eigenvalue weighted by Crippen LogP contribution is -2.11. The van der Waals surface area contributed by atoms with E-state index in [0.29, 0.717) is 5.19 Å². The molecule has 0 spiro atoms. The summed E-state index contributed by atoms with van der Waals surface area (Å²) in [5, 5.41) is 0.636. The second-order valence-corrected chi connectivity index (χ2v) is 6.96. The Balaban J connectivity index is 1.34. The van der Waals surface area contributed by atoms with Gasteiger partial charge in [-0.05, 0) is 34.9 Å². The van der Waals surface area contributed by atoms with Gasteiger partial charge in [0.05, 0.1) is 10.2 Å². The number of para-hydroxylation sites is 1. The topological polar surface area (TPSA) is 31.4 Å². The third-order valence-corrected chi connectivity index (χ3v) is 5.43. The highest BCUT2D eigenvalue weighted by Crippen LogP contribution is 2.40. The van der Waals surface area contributed by atoms with Gasteiger partial charge in [0, 0.05) is 12.0 Å². The normalized spacial score (nSPS) is 11.8. The van der Waals surface area contributed by atoms with E-state index in [1.165, 1.54) is 33.6 Å². The van der Waals surface area contributed by atoms with Crippen LogP contribution in [-0.2, 0) is 6.42 Å². The van der Waals surface area contributed by atoms with E-state index in [0.717, 1.165) is 22.4 Å². The fraction of sp³-hybridized carbons (Fsp3) is 0.0500. The van der Waals surface area contributed by atoms with E-state index in [1.807, 2.05) is 36.4 Å². The van der Waals surface area contributed by atoms with Crippen molar-refractivity contribution >= 4 is 29.2 Å². The number of benzene rings is 3. The summed E-state index contributed by atoms with van der Waals surface area (Å²) in [5.74, 6) is 0.884. The summed E-state index contributed by atoms with van der Waals surface area (Å²) in [6.07, 6.45) is 0.906. The van der Waals surface area contributed by atoms with Crippen LogP contribution in [0.1, 0.15) is 11.1 Å². The van der Waals surface area contributed by atoms with Gasteiger partial charge < -0.3 is 9.31 Å². The monoisotopic (exact) mass is 343 g/mol. The molecule has 25 heavy (non-hydrogen) atoms. The Kier molecular flexibility index (Phi) is 3.45. The summed E-state index contributed by atoms with van der Waals surface area (Å²) in [4.78, 5) is 4.47. The minimum Gasteiger partial charge on any atom is -0.528 e. The van der Waals surface area contributed by atoms with Crippen LogP contribution in [-0.4, -0.2) is 12.7 Å². The Hall–Kier alpha value is -2.79. The molecule has 1 heterocycles. The molecule has 3 nitrogen and oxygen atoms in total. The molecule has 5 heteroatoms. The molecule has 0 amide bonds. The van der Waals surface area contributed by atoms with Crippen LogP contribution in [0.2, 0.25) is 0 Å². The van der Waals surface area contributed by atoms with Crippen LogP contribution in [0.3, 0.4) is 0 Å². The molecule has 0 N–H and O–H groups in total. The molecular weight excluding hydrogens is 329 g/mol. The van der Waals surface area contributed by atoms with Crippen molar-refractivity contribution in [3.8, 4) is 22.1 Å². The Morgan fingerprint density at radius 3 is 2.64 bits per heavy atom. The molecule has 4 aromatic rings. The summed E-state index contributed by atoms with van der Waals surface area (Å²) in [5.41, 5.74) is 6.10. The molecule has 1 aliphatic rings. The molecule has 0 bridgehead atoms. The van der Waals surface area contributed by atoms with Crippen molar-refractivity contribution < 1.29 is 9.31 Å².